The number of amides is 2. The maximum absolute atomic E-state index is 12.6. The van der Waals surface area contributed by atoms with Gasteiger partial charge in [0.2, 0.25) is 11.8 Å². The van der Waals surface area contributed by atoms with Crippen molar-refractivity contribution in [1.29, 1.82) is 0 Å². The number of likely N-dealkylation sites (tertiary alicyclic amines) is 1. The Morgan fingerprint density at radius 1 is 1.06 bits per heavy atom. The molecule has 1 N–H and O–H groups in total. The molecule has 3 rings (SSSR count). The van der Waals surface area contributed by atoms with E-state index in [1.807, 2.05) is 9.96 Å². The van der Waals surface area contributed by atoms with Crippen LogP contribution in [-0.4, -0.2) is 68.8 Å². The maximum atomic E-state index is 12.6. The molecule has 2 amide bonds. The van der Waals surface area contributed by atoms with Crippen LogP contribution in [0.15, 0.2) is 18.2 Å². The number of carbonyl (C=O) groups is 2. The van der Waals surface area contributed by atoms with Crippen LogP contribution in [0.4, 0.5) is 5.69 Å². The molecule has 8 nitrogen and oxygen atoms in total. The van der Waals surface area contributed by atoms with E-state index in [4.69, 9.17) is 14.3 Å². The van der Waals surface area contributed by atoms with Crippen molar-refractivity contribution in [3.63, 3.8) is 0 Å². The van der Waals surface area contributed by atoms with Gasteiger partial charge in [-0.1, -0.05) is 0 Å². The summed E-state index contributed by atoms with van der Waals surface area (Å²) in [4.78, 5) is 32.6. The predicted octanol–water partition coefficient (Wildman–Crippen LogP) is 3.08. The first kappa shape index (κ1) is 23.3. The van der Waals surface area contributed by atoms with E-state index in [-0.39, 0.29) is 11.8 Å². The van der Waals surface area contributed by atoms with Gasteiger partial charge in [-0.25, -0.2) is 0 Å². The molecule has 2 saturated heterocycles. The zero-order chi connectivity index (χ0) is 22.1. The van der Waals surface area contributed by atoms with Crippen LogP contribution in [0.5, 0.6) is 11.5 Å². The van der Waals surface area contributed by atoms with E-state index in [0.29, 0.717) is 42.5 Å². The quantitative estimate of drug-likeness (QED) is 0.645. The predicted molar refractivity (Wildman–Crippen MR) is 118 cm³/mol. The Kier molecular flexibility index (Phi) is 8.97. The summed E-state index contributed by atoms with van der Waals surface area (Å²) in [6.45, 7) is 3.87. The lowest BCUT2D eigenvalue weighted by atomic mass is 9.93. The third-order valence-electron chi connectivity index (χ3n) is 5.94. The van der Waals surface area contributed by atoms with Crippen molar-refractivity contribution in [2.45, 2.75) is 44.9 Å². The van der Waals surface area contributed by atoms with Gasteiger partial charge in [0.25, 0.3) is 0 Å². The second-order valence-corrected chi connectivity index (χ2v) is 8.26. The van der Waals surface area contributed by atoms with Crippen LogP contribution >= 0.6 is 0 Å². The van der Waals surface area contributed by atoms with Gasteiger partial charge in [0.1, 0.15) is 11.5 Å². The van der Waals surface area contributed by atoms with Crippen molar-refractivity contribution in [1.82, 2.24) is 9.96 Å². The van der Waals surface area contributed by atoms with Crippen LogP contribution in [0.1, 0.15) is 44.9 Å². The largest absolute Gasteiger partial charge is 0.497 e. The molecule has 1 aromatic carbocycles. The fourth-order valence-corrected chi connectivity index (χ4v) is 4.17. The van der Waals surface area contributed by atoms with Gasteiger partial charge in [0.05, 0.1) is 20.8 Å². The van der Waals surface area contributed by atoms with E-state index in [2.05, 4.69) is 5.32 Å². The summed E-state index contributed by atoms with van der Waals surface area (Å²) in [7, 11) is 3.16. The van der Waals surface area contributed by atoms with Crippen molar-refractivity contribution >= 4 is 17.5 Å². The molecular formula is C23H35N3O5. The normalized spacial score (nSPS) is 19.7. The van der Waals surface area contributed by atoms with Gasteiger partial charge in [-0.2, -0.15) is 5.06 Å². The van der Waals surface area contributed by atoms with Crippen LogP contribution in [-0.2, 0) is 14.4 Å². The molecule has 0 radical (unpaired) electrons. The monoisotopic (exact) mass is 433 g/mol. The summed E-state index contributed by atoms with van der Waals surface area (Å²) in [5.41, 5.74) is 0.654. The number of nitrogens with one attached hydrogen (secondary N) is 1. The van der Waals surface area contributed by atoms with Gasteiger partial charge < -0.3 is 19.7 Å². The number of rotatable bonds is 9. The molecule has 8 heteroatoms. The van der Waals surface area contributed by atoms with Crippen molar-refractivity contribution < 1.29 is 23.9 Å². The van der Waals surface area contributed by atoms with Crippen molar-refractivity contribution in [3.05, 3.63) is 18.2 Å². The molecular weight excluding hydrogens is 398 g/mol. The molecule has 172 valence electrons. The second kappa shape index (κ2) is 11.9. The van der Waals surface area contributed by atoms with Gasteiger partial charge in [0, 0.05) is 62.9 Å². The highest BCUT2D eigenvalue weighted by molar-refractivity contribution is 5.91. The SMILES string of the molecule is COc1cc(NC(=O)CC[C@H]2CCCN(C(=O)CCN3CCCCO3)C2)cc(OC)c1. The van der Waals surface area contributed by atoms with E-state index in [0.717, 1.165) is 58.3 Å². The third-order valence-corrected chi connectivity index (χ3v) is 5.94. The number of ether oxygens (including phenoxy) is 2. The van der Waals surface area contributed by atoms with Gasteiger partial charge >= 0.3 is 0 Å². The molecule has 0 bridgehead atoms. The Balaban J connectivity index is 1.41. The zero-order valence-corrected chi connectivity index (χ0v) is 18.7. The number of piperidine rings is 1. The molecule has 0 spiro atoms. The van der Waals surface area contributed by atoms with E-state index >= 15 is 0 Å². The van der Waals surface area contributed by atoms with Crippen LogP contribution in [0, 0.1) is 5.92 Å². The first-order valence-electron chi connectivity index (χ1n) is 11.3. The Hall–Kier alpha value is -2.32. The molecule has 0 aromatic heterocycles. The first-order chi connectivity index (χ1) is 15.1. The van der Waals surface area contributed by atoms with Crippen LogP contribution in [0.3, 0.4) is 0 Å². The number of hydroxylamine groups is 2. The van der Waals surface area contributed by atoms with Crippen LogP contribution in [0.2, 0.25) is 0 Å². The Morgan fingerprint density at radius 3 is 2.52 bits per heavy atom. The number of methoxy groups -OCH3 is 2. The smallest absolute Gasteiger partial charge is 0.224 e. The Morgan fingerprint density at radius 2 is 1.84 bits per heavy atom. The van der Waals surface area contributed by atoms with Crippen molar-refractivity contribution in [3.8, 4) is 11.5 Å². The molecule has 1 aromatic rings. The molecule has 0 aliphatic carbocycles. The molecule has 2 aliphatic rings. The zero-order valence-electron chi connectivity index (χ0n) is 18.7. The minimum Gasteiger partial charge on any atom is -0.497 e. The maximum Gasteiger partial charge on any atom is 0.224 e. The molecule has 31 heavy (non-hydrogen) atoms. The van der Waals surface area contributed by atoms with Gasteiger partial charge in [-0.3, -0.25) is 14.4 Å². The van der Waals surface area contributed by atoms with Crippen LogP contribution < -0.4 is 14.8 Å². The number of hydrogen-bond donors (Lipinski definition) is 1. The average molecular weight is 434 g/mol. The standard InChI is InChI=1S/C23H35N3O5/c1-29-20-14-19(15-21(16-20)30-2)24-22(27)8-7-18-6-5-10-25(17-18)23(28)9-12-26-11-3-4-13-31-26/h14-16,18H,3-13,17H2,1-2H3,(H,24,27)/t18-/m1/s1. The number of benzene rings is 1. The minimum atomic E-state index is -0.0407. The van der Waals surface area contributed by atoms with Crippen molar-refractivity contribution in [2.24, 2.45) is 5.92 Å². The van der Waals surface area contributed by atoms with Crippen LogP contribution in [0.25, 0.3) is 0 Å². The number of anilines is 1. The molecule has 2 fully saturated rings. The molecule has 0 saturated carbocycles. The summed E-state index contributed by atoms with van der Waals surface area (Å²) in [6.07, 6.45) is 5.96. The fourth-order valence-electron chi connectivity index (χ4n) is 4.17. The summed E-state index contributed by atoms with van der Waals surface area (Å²) >= 11 is 0. The fraction of sp³-hybridized carbons (Fsp3) is 0.652. The average Bonchev–Trinajstić information content (AvgIpc) is 2.81. The summed E-state index contributed by atoms with van der Waals surface area (Å²) in [6, 6.07) is 5.31. The first-order valence-corrected chi connectivity index (χ1v) is 11.3. The lowest BCUT2D eigenvalue weighted by molar-refractivity contribution is -0.182. The van der Waals surface area contributed by atoms with E-state index in [1.54, 1.807) is 32.4 Å². The number of carbonyl (C=O) groups excluding carboxylic acids is 2. The summed E-state index contributed by atoms with van der Waals surface area (Å²) in [5.74, 6) is 1.76. The topological polar surface area (TPSA) is 80.3 Å². The lowest BCUT2D eigenvalue weighted by Crippen LogP contribution is -2.42. The number of hydrogen-bond acceptors (Lipinski definition) is 6. The Bertz CT molecular complexity index is 714. The van der Waals surface area contributed by atoms with E-state index < -0.39 is 0 Å². The van der Waals surface area contributed by atoms with E-state index in [9.17, 15) is 9.59 Å². The lowest BCUT2D eigenvalue weighted by Gasteiger charge is -2.33. The summed E-state index contributed by atoms with van der Waals surface area (Å²) < 4.78 is 10.5. The number of nitrogens with zero attached hydrogens (tertiary/aromatic N) is 2. The summed E-state index contributed by atoms with van der Waals surface area (Å²) in [5, 5.41) is 4.84. The molecule has 1 atom stereocenters. The molecule has 0 unspecified atom stereocenters. The third kappa shape index (κ3) is 7.40. The second-order valence-electron chi connectivity index (χ2n) is 8.26. The highest BCUT2D eigenvalue weighted by Crippen LogP contribution is 2.26. The van der Waals surface area contributed by atoms with E-state index in [1.165, 1.54) is 0 Å². The van der Waals surface area contributed by atoms with Crippen molar-refractivity contribution in [2.75, 3.05) is 52.3 Å². The molecule has 2 aliphatic heterocycles. The molecule has 2 heterocycles. The minimum absolute atomic E-state index is 0.0407. The highest BCUT2D eigenvalue weighted by atomic mass is 16.7. The van der Waals surface area contributed by atoms with Gasteiger partial charge in [-0.15, -0.1) is 0 Å². The Labute approximate surface area is 184 Å². The van der Waals surface area contributed by atoms with Gasteiger partial charge in [0.15, 0.2) is 0 Å². The van der Waals surface area contributed by atoms with Gasteiger partial charge in [-0.05, 0) is 38.0 Å². The highest BCUT2D eigenvalue weighted by Gasteiger charge is 2.24.